The molecular formula is C18H20N6O3. The average Bonchev–Trinajstić information content (AvgIpc) is 3.20. The molecule has 4 rings (SSSR count). The number of rotatable bonds is 5. The van der Waals surface area contributed by atoms with Gasteiger partial charge in [-0.1, -0.05) is 5.16 Å². The molecule has 9 heteroatoms. The number of hydrogen-bond donors (Lipinski definition) is 1. The number of pyridine rings is 1. The predicted octanol–water partition coefficient (Wildman–Crippen LogP) is 2.06. The van der Waals surface area contributed by atoms with Crippen molar-refractivity contribution < 1.29 is 14.4 Å². The lowest BCUT2D eigenvalue weighted by atomic mass is 10.2. The molecule has 0 amide bonds. The van der Waals surface area contributed by atoms with Gasteiger partial charge in [0.2, 0.25) is 0 Å². The highest BCUT2D eigenvalue weighted by Crippen LogP contribution is 2.23. The Balaban J connectivity index is 1.50. The van der Waals surface area contributed by atoms with Crippen molar-refractivity contribution in [3.63, 3.8) is 0 Å². The van der Waals surface area contributed by atoms with Gasteiger partial charge in [0.1, 0.15) is 5.82 Å². The van der Waals surface area contributed by atoms with E-state index in [1.54, 1.807) is 13.1 Å². The molecule has 0 unspecified atom stereocenters. The lowest BCUT2D eigenvalue weighted by molar-refractivity contribution is -0.136. The number of carboxylic acid groups (broad SMARTS) is 1. The topological polar surface area (TPSA) is 110 Å². The van der Waals surface area contributed by atoms with Crippen molar-refractivity contribution in [3.05, 3.63) is 41.6 Å². The number of aliphatic carboxylic acids is 1. The third-order valence-corrected chi connectivity index (χ3v) is 4.51. The SMILES string of the molecule is Cc1noc(-c2ccc(N3CCCn4nc(CCC(=O)O)cc4C3)nc2)n1. The quantitative estimate of drug-likeness (QED) is 0.729. The van der Waals surface area contributed by atoms with E-state index in [1.807, 2.05) is 22.9 Å². The first-order valence-corrected chi connectivity index (χ1v) is 8.87. The van der Waals surface area contributed by atoms with Gasteiger partial charge in [0.25, 0.3) is 5.89 Å². The van der Waals surface area contributed by atoms with Crippen LogP contribution in [-0.4, -0.2) is 42.5 Å². The predicted molar refractivity (Wildman–Crippen MR) is 96.1 cm³/mol. The van der Waals surface area contributed by atoms with E-state index in [1.165, 1.54) is 0 Å². The first kappa shape index (κ1) is 17.2. The Morgan fingerprint density at radius 1 is 1.33 bits per heavy atom. The molecule has 0 saturated heterocycles. The molecule has 0 aliphatic carbocycles. The maximum absolute atomic E-state index is 10.8. The highest BCUT2D eigenvalue weighted by atomic mass is 16.5. The van der Waals surface area contributed by atoms with Gasteiger partial charge in [0.15, 0.2) is 5.82 Å². The molecule has 1 aliphatic heterocycles. The Morgan fingerprint density at radius 2 is 2.22 bits per heavy atom. The highest BCUT2D eigenvalue weighted by molar-refractivity contribution is 5.67. The van der Waals surface area contributed by atoms with E-state index in [0.29, 0.717) is 24.7 Å². The van der Waals surface area contributed by atoms with Crippen molar-refractivity contribution in [3.8, 4) is 11.5 Å². The first-order valence-electron chi connectivity index (χ1n) is 8.87. The van der Waals surface area contributed by atoms with Gasteiger partial charge in [-0.25, -0.2) is 4.98 Å². The van der Waals surface area contributed by atoms with Crippen LogP contribution in [0.25, 0.3) is 11.5 Å². The normalized spacial score (nSPS) is 14.0. The lowest BCUT2D eigenvalue weighted by Gasteiger charge is -2.21. The molecule has 0 bridgehead atoms. The third kappa shape index (κ3) is 3.81. The zero-order valence-corrected chi connectivity index (χ0v) is 15.0. The molecule has 27 heavy (non-hydrogen) atoms. The van der Waals surface area contributed by atoms with Crippen LogP contribution in [0.2, 0.25) is 0 Å². The van der Waals surface area contributed by atoms with Gasteiger partial charge < -0.3 is 14.5 Å². The van der Waals surface area contributed by atoms with E-state index in [4.69, 9.17) is 9.63 Å². The minimum Gasteiger partial charge on any atom is -0.481 e. The number of fused-ring (bicyclic) bond motifs is 1. The fourth-order valence-corrected chi connectivity index (χ4v) is 3.19. The monoisotopic (exact) mass is 368 g/mol. The summed E-state index contributed by atoms with van der Waals surface area (Å²) in [5, 5.41) is 17.2. The summed E-state index contributed by atoms with van der Waals surface area (Å²) in [7, 11) is 0. The average molecular weight is 368 g/mol. The number of carbonyl (C=O) groups is 1. The van der Waals surface area contributed by atoms with Gasteiger partial charge in [-0.15, -0.1) is 0 Å². The van der Waals surface area contributed by atoms with Crippen LogP contribution in [0.1, 0.15) is 30.1 Å². The van der Waals surface area contributed by atoms with Gasteiger partial charge in [0, 0.05) is 25.7 Å². The molecule has 1 aliphatic rings. The zero-order chi connectivity index (χ0) is 18.8. The Morgan fingerprint density at radius 3 is 2.93 bits per heavy atom. The lowest BCUT2D eigenvalue weighted by Crippen LogP contribution is -2.23. The third-order valence-electron chi connectivity index (χ3n) is 4.51. The molecule has 0 saturated carbocycles. The Labute approximate surface area is 155 Å². The molecule has 0 spiro atoms. The molecule has 1 N–H and O–H groups in total. The van der Waals surface area contributed by atoms with Crippen LogP contribution >= 0.6 is 0 Å². The minimum absolute atomic E-state index is 0.0956. The van der Waals surface area contributed by atoms with E-state index in [-0.39, 0.29) is 6.42 Å². The zero-order valence-electron chi connectivity index (χ0n) is 15.0. The van der Waals surface area contributed by atoms with E-state index < -0.39 is 5.97 Å². The number of aromatic nitrogens is 5. The van der Waals surface area contributed by atoms with Gasteiger partial charge in [-0.05, 0) is 31.5 Å². The van der Waals surface area contributed by atoms with Crippen molar-refractivity contribution in [1.82, 2.24) is 24.9 Å². The summed E-state index contributed by atoms with van der Waals surface area (Å²) in [4.78, 5) is 21.7. The molecule has 9 nitrogen and oxygen atoms in total. The highest BCUT2D eigenvalue weighted by Gasteiger charge is 2.18. The van der Waals surface area contributed by atoms with E-state index in [2.05, 4.69) is 25.1 Å². The van der Waals surface area contributed by atoms with Gasteiger partial charge in [0.05, 0.1) is 29.9 Å². The summed E-state index contributed by atoms with van der Waals surface area (Å²) in [5.74, 6) is 1.12. The molecule has 3 aromatic heterocycles. The molecule has 4 heterocycles. The number of hydrogen-bond acceptors (Lipinski definition) is 7. The summed E-state index contributed by atoms with van der Waals surface area (Å²) in [6.07, 6.45) is 3.23. The Kier molecular flexibility index (Phi) is 4.57. The van der Waals surface area contributed by atoms with Crippen LogP contribution in [-0.2, 0) is 24.3 Å². The van der Waals surface area contributed by atoms with E-state index in [0.717, 1.165) is 42.3 Å². The van der Waals surface area contributed by atoms with Crippen molar-refractivity contribution in [2.75, 3.05) is 11.4 Å². The molecule has 0 atom stereocenters. The van der Waals surface area contributed by atoms with Crippen molar-refractivity contribution in [2.24, 2.45) is 0 Å². The van der Waals surface area contributed by atoms with Gasteiger partial charge >= 0.3 is 5.97 Å². The maximum atomic E-state index is 10.8. The summed E-state index contributed by atoms with van der Waals surface area (Å²) in [6.45, 7) is 4.16. The second kappa shape index (κ2) is 7.18. The number of nitrogens with zero attached hydrogens (tertiary/aromatic N) is 6. The number of aryl methyl sites for hydroxylation is 3. The molecule has 140 valence electrons. The van der Waals surface area contributed by atoms with E-state index >= 15 is 0 Å². The number of carboxylic acids is 1. The van der Waals surface area contributed by atoms with Crippen molar-refractivity contribution in [2.45, 2.75) is 39.3 Å². The number of anilines is 1. The largest absolute Gasteiger partial charge is 0.481 e. The van der Waals surface area contributed by atoms with Crippen LogP contribution < -0.4 is 4.90 Å². The second-order valence-corrected chi connectivity index (χ2v) is 6.57. The maximum Gasteiger partial charge on any atom is 0.303 e. The van der Waals surface area contributed by atoms with Crippen molar-refractivity contribution in [1.29, 1.82) is 0 Å². The minimum atomic E-state index is -0.805. The van der Waals surface area contributed by atoms with E-state index in [9.17, 15) is 4.79 Å². The fraction of sp³-hybridized carbons (Fsp3) is 0.389. The van der Waals surface area contributed by atoms with Crippen LogP contribution in [0.15, 0.2) is 28.9 Å². The molecule has 0 fully saturated rings. The standard InChI is InChI=1S/C18H20N6O3/c1-12-20-18(27-22-12)13-3-5-16(19-10-13)23-7-2-8-24-15(11-23)9-14(21-24)4-6-17(25)26/h3,5,9-10H,2,4,6-8,11H2,1H3,(H,25,26). The summed E-state index contributed by atoms with van der Waals surface area (Å²) < 4.78 is 7.16. The van der Waals surface area contributed by atoms with Crippen LogP contribution in [0, 0.1) is 6.92 Å². The smallest absolute Gasteiger partial charge is 0.303 e. The van der Waals surface area contributed by atoms with Gasteiger partial charge in [-0.3, -0.25) is 9.48 Å². The Bertz CT molecular complexity index is 946. The summed E-state index contributed by atoms with van der Waals surface area (Å²) >= 11 is 0. The molecule has 3 aromatic rings. The first-order chi connectivity index (χ1) is 13.1. The summed E-state index contributed by atoms with van der Waals surface area (Å²) in [6, 6.07) is 5.87. The van der Waals surface area contributed by atoms with Crippen molar-refractivity contribution >= 4 is 11.8 Å². The summed E-state index contributed by atoms with van der Waals surface area (Å²) in [5.41, 5.74) is 2.69. The van der Waals surface area contributed by atoms with Crippen LogP contribution in [0.4, 0.5) is 5.82 Å². The van der Waals surface area contributed by atoms with Gasteiger partial charge in [-0.2, -0.15) is 10.1 Å². The fourth-order valence-electron chi connectivity index (χ4n) is 3.19. The Hall–Kier alpha value is -3.23. The molecular weight excluding hydrogens is 348 g/mol. The second-order valence-electron chi connectivity index (χ2n) is 6.57. The molecule has 0 radical (unpaired) electrons. The van der Waals surface area contributed by atoms with Crippen LogP contribution in [0.3, 0.4) is 0 Å². The van der Waals surface area contributed by atoms with Crippen LogP contribution in [0.5, 0.6) is 0 Å². The molecule has 0 aromatic carbocycles.